The molecule has 0 aromatic heterocycles. The molecule has 26 heavy (non-hydrogen) atoms. The number of piperazine rings is 1. The van der Waals surface area contributed by atoms with Gasteiger partial charge in [-0.1, -0.05) is 0 Å². The number of carbonyl (C=O) groups is 2. The van der Waals surface area contributed by atoms with E-state index < -0.39 is 15.8 Å². The molecule has 1 aliphatic rings. The number of hydrogen-bond donors (Lipinski definition) is 3. The minimum Gasteiger partial charge on any atom is -0.355 e. The SMILES string of the molecule is CCNC(=O)CNC(=O)C[NH+]1CCN(S(=O)(=O)c2ccc(F)cc2)CC1. The normalized spacial score (nSPS) is 16.2. The van der Waals surface area contributed by atoms with Gasteiger partial charge in [0.15, 0.2) is 6.54 Å². The monoisotopic (exact) mass is 387 g/mol. The number of nitrogens with one attached hydrogen (secondary N) is 3. The molecule has 0 saturated carbocycles. The van der Waals surface area contributed by atoms with Crippen LogP contribution in [0.5, 0.6) is 0 Å². The number of nitrogens with zero attached hydrogens (tertiary/aromatic N) is 1. The molecule has 0 atom stereocenters. The maximum Gasteiger partial charge on any atom is 0.275 e. The van der Waals surface area contributed by atoms with E-state index >= 15 is 0 Å². The zero-order valence-electron chi connectivity index (χ0n) is 14.6. The van der Waals surface area contributed by atoms with E-state index in [2.05, 4.69) is 10.6 Å². The van der Waals surface area contributed by atoms with Gasteiger partial charge < -0.3 is 15.5 Å². The van der Waals surface area contributed by atoms with Gasteiger partial charge in [0.2, 0.25) is 15.9 Å². The van der Waals surface area contributed by atoms with Gasteiger partial charge in [0, 0.05) is 6.54 Å². The predicted molar refractivity (Wildman–Crippen MR) is 92.4 cm³/mol. The highest BCUT2D eigenvalue weighted by Crippen LogP contribution is 2.15. The van der Waals surface area contributed by atoms with E-state index in [0.717, 1.165) is 17.0 Å². The fraction of sp³-hybridized carbons (Fsp3) is 0.500. The van der Waals surface area contributed by atoms with Gasteiger partial charge in [-0.3, -0.25) is 9.59 Å². The molecule has 1 aromatic rings. The summed E-state index contributed by atoms with van der Waals surface area (Å²) in [6.07, 6.45) is 0. The Labute approximate surface area is 152 Å². The second kappa shape index (κ2) is 9.06. The molecule has 3 N–H and O–H groups in total. The number of hydrogen-bond acceptors (Lipinski definition) is 4. The summed E-state index contributed by atoms with van der Waals surface area (Å²) >= 11 is 0. The zero-order chi connectivity index (χ0) is 19.2. The molecule has 10 heteroatoms. The summed E-state index contributed by atoms with van der Waals surface area (Å²) in [6.45, 7) is 3.93. The van der Waals surface area contributed by atoms with E-state index in [1.54, 1.807) is 6.92 Å². The maximum atomic E-state index is 13.0. The minimum absolute atomic E-state index is 0.0574. The summed E-state index contributed by atoms with van der Waals surface area (Å²) in [6, 6.07) is 4.73. The summed E-state index contributed by atoms with van der Waals surface area (Å²) in [5.74, 6) is -0.982. The van der Waals surface area contributed by atoms with Crippen LogP contribution in [-0.2, 0) is 19.6 Å². The van der Waals surface area contributed by atoms with Crippen molar-refractivity contribution in [3.8, 4) is 0 Å². The maximum absolute atomic E-state index is 13.0. The van der Waals surface area contributed by atoms with Crippen LogP contribution in [0.2, 0.25) is 0 Å². The van der Waals surface area contributed by atoms with Crippen molar-refractivity contribution < 1.29 is 27.3 Å². The first kappa shape index (κ1) is 20.3. The van der Waals surface area contributed by atoms with Crippen LogP contribution in [0.3, 0.4) is 0 Å². The van der Waals surface area contributed by atoms with Crippen molar-refractivity contribution in [2.45, 2.75) is 11.8 Å². The van der Waals surface area contributed by atoms with Gasteiger partial charge in [-0.05, 0) is 31.2 Å². The Hall–Kier alpha value is -2.04. The van der Waals surface area contributed by atoms with Crippen molar-refractivity contribution in [1.29, 1.82) is 0 Å². The summed E-state index contributed by atoms with van der Waals surface area (Å²) < 4.78 is 39.4. The van der Waals surface area contributed by atoms with Crippen molar-refractivity contribution in [3.05, 3.63) is 30.1 Å². The molecule has 1 saturated heterocycles. The highest BCUT2D eigenvalue weighted by atomic mass is 32.2. The summed E-state index contributed by atoms with van der Waals surface area (Å²) in [7, 11) is -3.66. The first-order valence-electron chi connectivity index (χ1n) is 8.45. The van der Waals surface area contributed by atoms with Crippen LogP contribution < -0.4 is 15.5 Å². The fourth-order valence-corrected chi connectivity index (χ4v) is 4.14. The smallest absolute Gasteiger partial charge is 0.275 e. The zero-order valence-corrected chi connectivity index (χ0v) is 15.4. The van der Waals surface area contributed by atoms with Crippen molar-refractivity contribution in [3.63, 3.8) is 0 Å². The Kier molecular flexibility index (Phi) is 7.06. The third-order valence-electron chi connectivity index (χ3n) is 4.11. The molecule has 0 bridgehead atoms. The third-order valence-corrected chi connectivity index (χ3v) is 6.02. The first-order chi connectivity index (χ1) is 12.3. The Balaban J connectivity index is 1.82. The average molecular weight is 387 g/mol. The summed E-state index contributed by atoms with van der Waals surface area (Å²) in [5, 5.41) is 5.14. The van der Waals surface area contributed by atoms with E-state index in [0.29, 0.717) is 19.6 Å². The van der Waals surface area contributed by atoms with Crippen LogP contribution in [0.15, 0.2) is 29.2 Å². The third kappa shape index (κ3) is 5.48. The standard InChI is InChI=1S/C16H23FN4O4S/c1-2-18-15(22)11-19-16(23)12-20-7-9-21(10-8-20)26(24,25)14-5-3-13(17)4-6-14/h3-6H,2,7-12H2,1H3,(H,18,22)(H,19,23)/p+1. The van der Waals surface area contributed by atoms with Gasteiger partial charge in [-0.2, -0.15) is 4.31 Å². The van der Waals surface area contributed by atoms with Gasteiger partial charge in [-0.15, -0.1) is 0 Å². The number of likely N-dealkylation sites (N-methyl/N-ethyl adjacent to an activating group) is 1. The largest absolute Gasteiger partial charge is 0.355 e. The first-order valence-corrected chi connectivity index (χ1v) is 9.89. The molecule has 0 aliphatic carbocycles. The molecule has 0 unspecified atom stereocenters. The fourth-order valence-electron chi connectivity index (χ4n) is 2.70. The van der Waals surface area contributed by atoms with E-state index in [1.165, 1.54) is 16.4 Å². The molecular formula is C16H24FN4O4S+. The number of carbonyl (C=O) groups excluding carboxylic acids is 2. The van der Waals surface area contributed by atoms with Crippen LogP contribution in [0.1, 0.15) is 6.92 Å². The van der Waals surface area contributed by atoms with Crippen LogP contribution in [0, 0.1) is 5.82 Å². The number of rotatable bonds is 7. The molecule has 0 spiro atoms. The lowest BCUT2D eigenvalue weighted by Gasteiger charge is -2.31. The number of sulfonamides is 1. The van der Waals surface area contributed by atoms with Gasteiger partial charge in [0.1, 0.15) is 5.82 Å². The Morgan fingerprint density at radius 1 is 1.12 bits per heavy atom. The lowest BCUT2D eigenvalue weighted by molar-refractivity contribution is -0.895. The molecule has 0 radical (unpaired) electrons. The molecule has 1 aliphatic heterocycles. The molecule has 1 fully saturated rings. The molecule has 8 nitrogen and oxygen atoms in total. The topological polar surface area (TPSA) is 100 Å². The van der Waals surface area contributed by atoms with Gasteiger partial charge in [-0.25, -0.2) is 12.8 Å². The van der Waals surface area contributed by atoms with E-state index in [-0.39, 0.29) is 42.9 Å². The number of quaternary nitrogens is 1. The van der Waals surface area contributed by atoms with E-state index in [9.17, 15) is 22.4 Å². The Bertz CT molecular complexity index is 731. The van der Waals surface area contributed by atoms with Gasteiger partial charge in [0.05, 0.1) is 37.6 Å². The Morgan fingerprint density at radius 3 is 2.31 bits per heavy atom. The number of benzene rings is 1. The van der Waals surface area contributed by atoms with Crippen molar-refractivity contribution in [2.75, 3.05) is 45.8 Å². The van der Waals surface area contributed by atoms with E-state index in [1.807, 2.05) is 0 Å². The number of amides is 2. The molecule has 1 heterocycles. The Morgan fingerprint density at radius 2 is 1.73 bits per heavy atom. The average Bonchev–Trinajstić information content (AvgIpc) is 2.61. The molecular weight excluding hydrogens is 363 g/mol. The summed E-state index contributed by atoms with van der Waals surface area (Å²) in [4.78, 5) is 24.2. The molecule has 2 rings (SSSR count). The lowest BCUT2D eigenvalue weighted by Crippen LogP contribution is -3.15. The second-order valence-corrected chi connectivity index (χ2v) is 7.95. The highest BCUT2D eigenvalue weighted by molar-refractivity contribution is 7.89. The summed E-state index contributed by atoms with van der Waals surface area (Å²) in [5.41, 5.74) is 0. The highest BCUT2D eigenvalue weighted by Gasteiger charge is 2.31. The quantitative estimate of drug-likeness (QED) is 0.502. The van der Waals surface area contributed by atoms with Crippen molar-refractivity contribution >= 4 is 21.8 Å². The van der Waals surface area contributed by atoms with Crippen LogP contribution in [-0.4, -0.2) is 70.4 Å². The molecule has 1 aromatic carbocycles. The lowest BCUT2D eigenvalue weighted by atomic mass is 10.3. The number of halogens is 1. The predicted octanol–water partition coefficient (Wildman–Crippen LogP) is -2.03. The van der Waals surface area contributed by atoms with Gasteiger partial charge in [0.25, 0.3) is 5.91 Å². The van der Waals surface area contributed by atoms with Gasteiger partial charge >= 0.3 is 0 Å². The van der Waals surface area contributed by atoms with Crippen LogP contribution >= 0.6 is 0 Å². The minimum atomic E-state index is -3.66. The van der Waals surface area contributed by atoms with E-state index in [4.69, 9.17) is 0 Å². The van der Waals surface area contributed by atoms with Crippen LogP contribution in [0.25, 0.3) is 0 Å². The van der Waals surface area contributed by atoms with Crippen molar-refractivity contribution in [2.24, 2.45) is 0 Å². The molecule has 144 valence electrons. The van der Waals surface area contributed by atoms with Crippen LogP contribution in [0.4, 0.5) is 4.39 Å². The molecule has 2 amide bonds. The van der Waals surface area contributed by atoms with Crippen molar-refractivity contribution in [1.82, 2.24) is 14.9 Å². The second-order valence-electron chi connectivity index (χ2n) is 6.02.